The van der Waals surface area contributed by atoms with Crippen LogP contribution < -0.4 is 10.1 Å². The molecule has 0 saturated carbocycles. The van der Waals surface area contributed by atoms with Gasteiger partial charge in [0.1, 0.15) is 24.0 Å². The van der Waals surface area contributed by atoms with Gasteiger partial charge >= 0.3 is 5.97 Å². The molecule has 0 fully saturated rings. The molecule has 0 unspecified atom stereocenters. The van der Waals surface area contributed by atoms with Crippen LogP contribution in [0.4, 0.5) is 11.4 Å². The Kier molecular flexibility index (Phi) is 7.74. The lowest BCUT2D eigenvalue weighted by Gasteiger charge is -2.09. The Morgan fingerprint density at radius 2 is 1.91 bits per heavy atom. The van der Waals surface area contributed by atoms with Crippen LogP contribution in [-0.2, 0) is 11.4 Å². The first kappa shape index (κ1) is 24.2. The number of rotatable bonds is 8. The van der Waals surface area contributed by atoms with Crippen molar-refractivity contribution < 1.29 is 24.4 Å². The second-order valence-electron chi connectivity index (χ2n) is 6.92. The number of nitro groups is 1. The summed E-state index contributed by atoms with van der Waals surface area (Å²) in [6, 6.07) is 18.6. The zero-order valence-corrected chi connectivity index (χ0v) is 19.0. The average molecular weight is 522 g/mol. The Hall–Kier alpha value is -4.49. The molecule has 3 rings (SSSR count). The van der Waals surface area contributed by atoms with Crippen LogP contribution in [0.5, 0.6) is 5.75 Å². The number of hydrogen-bond acceptors (Lipinski definition) is 6. The Morgan fingerprint density at radius 1 is 1.15 bits per heavy atom. The fourth-order valence-corrected chi connectivity index (χ4v) is 3.40. The molecule has 0 aliphatic heterocycles. The van der Waals surface area contributed by atoms with Crippen LogP contribution in [0, 0.1) is 21.4 Å². The maximum absolute atomic E-state index is 12.5. The zero-order chi connectivity index (χ0) is 24.7. The van der Waals surface area contributed by atoms with E-state index in [9.17, 15) is 25.0 Å². The van der Waals surface area contributed by atoms with Gasteiger partial charge in [0.15, 0.2) is 0 Å². The summed E-state index contributed by atoms with van der Waals surface area (Å²) in [4.78, 5) is 34.0. The molecule has 0 aliphatic carbocycles. The summed E-state index contributed by atoms with van der Waals surface area (Å²) >= 11 is 3.38. The van der Waals surface area contributed by atoms with Crippen LogP contribution in [0.1, 0.15) is 21.5 Å². The van der Waals surface area contributed by atoms with Gasteiger partial charge in [0.25, 0.3) is 11.6 Å². The molecule has 170 valence electrons. The number of nitrogens with one attached hydrogen (secondary N) is 1. The van der Waals surface area contributed by atoms with Gasteiger partial charge in [0.2, 0.25) is 0 Å². The lowest BCUT2D eigenvalue weighted by molar-refractivity contribution is -0.384. The predicted molar refractivity (Wildman–Crippen MR) is 127 cm³/mol. The van der Waals surface area contributed by atoms with Crippen molar-refractivity contribution in [1.82, 2.24) is 0 Å². The highest BCUT2D eigenvalue weighted by Gasteiger charge is 2.12. The number of carboxylic acid groups (broad SMARTS) is 1. The largest absolute Gasteiger partial charge is 0.488 e. The Morgan fingerprint density at radius 3 is 2.59 bits per heavy atom. The van der Waals surface area contributed by atoms with Gasteiger partial charge in [0, 0.05) is 17.8 Å². The molecule has 9 nitrogen and oxygen atoms in total. The molecule has 10 heteroatoms. The fourth-order valence-electron chi connectivity index (χ4n) is 2.89. The van der Waals surface area contributed by atoms with Crippen LogP contribution in [-0.4, -0.2) is 21.9 Å². The van der Waals surface area contributed by atoms with E-state index in [1.165, 1.54) is 42.5 Å². The number of nitro benzene ring substituents is 1. The third-order valence-corrected chi connectivity index (χ3v) is 5.13. The molecule has 0 bridgehead atoms. The van der Waals surface area contributed by atoms with Crippen molar-refractivity contribution in [2.45, 2.75) is 6.61 Å². The molecule has 0 aliphatic rings. The number of benzene rings is 3. The number of carbonyl (C=O) groups is 2. The van der Waals surface area contributed by atoms with Crippen molar-refractivity contribution in [2.24, 2.45) is 0 Å². The molecule has 34 heavy (non-hydrogen) atoms. The first-order valence-electron chi connectivity index (χ1n) is 9.69. The van der Waals surface area contributed by atoms with E-state index in [1.807, 2.05) is 6.07 Å². The first-order valence-corrected chi connectivity index (χ1v) is 10.5. The Labute approximate surface area is 202 Å². The lowest BCUT2D eigenvalue weighted by atomic mass is 10.1. The van der Waals surface area contributed by atoms with E-state index in [2.05, 4.69) is 21.2 Å². The summed E-state index contributed by atoms with van der Waals surface area (Å²) in [5, 5.41) is 31.9. The molecule has 0 heterocycles. The lowest BCUT2D eigenvalue weighted by Crippen LogP contribution is -2.13. The van der Waals surface area contributed by atoms with Gasteiger partial charge in [-0.05, 0) is 63.5 Å². The van der Waals surface area contributed by atoms with E-state index in [-0.39, 0.29) is 29.1 Å². The van der Waals surface area contributed by atoms with E-state index in [0.717, 1.165) is 0 Å². The highest BCUT2D eigenvalue weighted by Crippen LogP contribution is 2.28. The maximum atomic E-state index is 12.5. The quantitative estimate of drug-likeness (QED) is 0.180. The minimum absolute atomic E-state index is 0.00455. The molecular formula is C24H16BrN3O6. The van der Waals surface area contributed by atoms with Crippen molar-refractivity contribution in [3.63, 3.8) is 0 Å². The van der Waals surface area contributed by atoms with Crippen LogP contribution in [0.15, 0.2) is 76.8 Å². The number of carboxylic acids is 1. The van der Waals surface area contributed by atoms with Crippen molar-refractivity contribution in [3.8, 4) is 11.8 Å². The second kappa shape index (κ2) is 10.9. The van der Waals surface area contributed by atoms with E-state index in [0.29, 0.717) is 21.3 Å². The standard InChI is InChI=1S/C24H16BrN3O6/c25-21-11-15(7-8-22(21)34-14-16-3-1-6-20(10-16)28(32)33)9-18(13-26)23(29)27-19-5-2-4-17(12-19)24(30)31/h1-12H,14H2,(H,27,29)(H,30,31)/b18-9-. The van der Waals surface area contributed by atoms with Crippen molar-refractivity contribution in [3.05, 3.63) is 104 Å². The van der Waals surface area contributed by atoms with Gasteiger partial charge in [-0.3, -0.25) is 14.9 Å². The number of anilines is 1. The first-order chi connectivity index (χ1) is 16.3. The molecular weight excluding hydrogens is 506 g/mol. The number of amides is 1. The van der Waals surface area contributed by atoms with Crippen LogP contribution in [0.2, 0.25) is 0 Å². The molecule has 1 amide bonds. The number of halogens is 1. The van der Waals surface area contributed by atoms with Crippen LogP contribution >= 0.6 is 15.9 Å². The van der Waals surface area contributed by atoms with E-state index in [1.54, 1.807) is 30.3 Å². The molecule has 3 aromatic carbocycles. The average Bonchev–Trinajstić information content (AvgIpc) is 2.82. The Balaban J connectivity index is 1.71. The second-order valence-corrected chi connectivity index (χ2v) is 7.77. The van der Waals surface area contributed by atoms with Gasteiger partial charge in [-0.1, -0.05) is 24.3 Å². The smallest absolute Gasteiger partial charge is 0.335 e. The molecule has 0 aromatic heterocycles. The van der Waals surface area contributed by atoms with Gasteiger partial charge in [0.05, 0.1) is 15.0 Å². The van der Waals surface area contributed by atoms with E-state index < -0.39 is 16.8 Å². The molecule has 0 spiro atoms. The summed E-state index contributed by atoms with van der Waals surface area (Å²) in [6.45, 7) is 0.108. The number of nitrogens with zero attached hydrogens (tertiary/aromatic N) is 2. The summed E-state index contributed by atoms with van der Waals surface area (Å²) in [5.41, 5.74) is 1.21. The molecule has 3 aromatic rings. The van der Waals surface area contributed by atoms with Gasteiger partial charge < -0.3 is 15.2 Å². The normalized spacial score (nSPS) is 10.8. The highest BCUT2D eigenvalue weighted by molar-refractivity contribution is 9.10. The number of non-ortho nitro benzene ring substituents is 1. The van der Waals surface area contributed by atoms with Crippen molar-refractivity contribution in [1.29, 1.82) is 5.26 Å². The van der Waals surface area contributed by atoms with Crippen LogP contribution in [0.25, 0.3) is 6.08 Å². The summed E-state index contributed by atoms with van der Waals surface area (Å²) in [7, 11) is 0. The number of hydrogen-bond donors (Lipinski definition) is 2. The number of nitriles is 1. The van der Waals surface area contributed by atoms with Crippen molar-refractivity contribution >= 4 is 45.3 Å². The van der Waals surface area contributed by atoms with Gasteiger partial charge in [-0.15, -0.1) is 0 Å². The molecule has 2 N–H and O–H groups in total. The Bertz CT molecular complexity index is 1350. The van der Waals surface area contributed by atoms with Crippen LogP contribution in [0.3, 0.4) is 0 Å². The number of ether oxygens (including phenoxy) is 1. The van der Waals surface area contributed by atoms with E-state index >= 15 is 0 Å². The fraction of sp³-hybridized carbons (Fsp3) is 0.0417. The van der Waals surface area contributed by atoms with Gasteiger partial charge in [-0.2, -0.15) is 5.26 Å². The monoisotopic (exact) mass is 521 g/mol. The minimum Gasteiger partial charge on any atom is -0.488 e. The number of aromatic carboxylic acids is 1. The topological polar surface area (TPSA) is 143 Å². The van der Waals surface area contributed by atoms with Gasteiger partial charge in [-0.25, -0.2) is 4.79 Å². The molecule has 0 saturated heterocycles. The minimum atomic E-state index is -1.13. The third kappa shape index (κ3) is 6.27. The molecule has 0 radical (unpaired) electrons. The predicted octanol–water partition coefficient (Wildman–Crippen LogP) is 5.18. The SMILES string of the molecule is N#C/C(=C/c1ccc(OCc2cccc([N+](=O)[O-])c2)c(Br)c1)C(=O)Nc1cccc(C(=O)O)c1. The summed E-state index contributed by atoms with van der Waals surface area (Å²) in [5.74, 6) is -1.35. The van der Waals surface area contributed by atoms with Crippen molar-refractivity contribution in [2.75, 3.05) is 5.32 Å². The third-order valence-electron chi connectivity index (χ3n) is 4.52. The zero-order valence-electron chi connectivity index (χ0n) is 17.4. The summed E-state index contributed by atoms with van der Waals surface area (Å²) in [6.07, 6.45) is 1.38. The molecule has 0 atom stereocenters. The van der Waals surface area contributed by atoms with E-state index in [4.69, 9.17) is 9.84 Å². The highest BCUT2D eigenvalue weighted by atomic mass is 79.9. The maximum Gasteiger partial charge on any atom is 0.335 e. The summed E-state index contributed by atoms with van der Waals surface area (Å²) < 4.78 is 6.27. The number of carbonyl (C=O) groups excluding carboxylic acids is 1.